The van der Waals surface area contributed by atoms with Gasteiger partial charge in [-0.15, -0.1) is 0 Å². The highest BCUT2D eigenvalue weighted by atomic mass is 32.2. The topological polar surface area (TPSA) is 117 Å². The van der Waals surface area contributed by atoms with E-state index in [4.69, 9.17) is 16.9 Å². The number of benzene rings is 1. The SMILES string of the molecule is N=C(N=C(N)N)SCC(=O)NCc1ccccc1F. The van der Waals surface area contributed by atoms with Gasteiger partial charge in [0, 0.05) is 12.1 Å². The van der Waals surface area contributed by atoms with E-state index in [-0.39, 0.29) is 35.1 Å². The lowest BCUT2D eigenvalue weighted by molar-refractivity contribution is -0.118. The summed E-state index contributed by atoms with van der Waals surface area (Å²) in [6.07, 6.45) is 0. The molecule has 0 saturated heterocycles. The third kappa shape index (κ3) is 5.87. The molecule has 6 nitrogen and oxygen atoms in total. The maximum absolute atomic E-state index is 13.3. The number of nitrogens with one attached hydrogen (secondary N) is 2. The summed E-state index contributed by atoms with van der Waals surface area (Å²) >= 11 is 0.882. The Morgan fingerprint density at radius 1 is 1.42 bits per heavy atom. The Kier molecular flexibility index (Phi) is 5.80. The van der Waals surface area contributed by atoms with E-state index in [9.17, 15) is 9.18 Å². The molecule has 1 aromatic carbocycles. The van der Waals surface area contributed by atoms with E-state index in [1.165, 1.54) is 6.07 Å². The molecule has 1 aromatic rings. The first-order valence-corrected chi connectivity index (χ1v) is 6.28. The summed E-state index contributed by atoms with van der Waals surface area (Å²) in [6, 6.07) is 6.18. The lowest BCUT2D eigenvalue weighted by Crippen LogP contribution is -2.26. The van der Waals surface area contributed by atoms with Gasteiger partial charge in [-0.2, -0.15) is 4.99 Å². The number of aliphatic imine (C=N–C) groups is 1. The van der Waals surface area contributed by atoms with E-state index in [2.05, 4.69) is 10.3 Å². The first-order valence-electron chi connectivity index (χ1n) is 5.30. The van der Waals surface area contributed by atoms with Gasteiger partial charge in [-0.1, -0.05) is 30.0 Å². The van der Waals surface area contributed by atoms with Crippen LogP contribution in [0.3, 0.4) is 0 Å². The Morgan fingerprint density at radius 2 is 2.11 bits per heavy atom. The number of hydrogen-bond donors (Lipinski definition) is 4. The van der Waals surface area contributed by atoms with Crippen LogP contribution in [-0.4, -0.2) is 22.8 Å². The minimum atomic E-state index is -0.372. The maximum Gasteiger partial charge on any atom is 0.230 e. The molecule has 19 heavy (non-hydrogen) atoms. The van der Waals surface area contributed by atoms with Crippen molar-refractivity contribution in [3.63, 3.8) is 0 Å². The van der Waals surface area contributed by atoms with Crippen LogP contribution in [0.1, 0.15) is 5.56 Å². The number of amides is 1. The molecule has 6 N–H and O–H groups in total. The van der Waals surface area contributed by atoms with Crippen molar-refractivity contribution in [2.24, 2.45) is 16.5 Å². The van der Waals surface area contributed by atoms with Crippen molar-refractivity contribution in [1.82, 2.24) is 5.32 Å². The van der Waals surface area contributed by atoms with E-state index in [1.54, 1.807) is 18.2 Å². The number of carbonyl (C=O) groups excluding carboxylic acids is 1. The summed E-state index contributed by atoms with van der Waals surface area (Å²) in [5.41, 5.74) is 10.6. The Bertz CT molecular complexity index is 502. The zero-order valence-electron chi connectivity index (χ0n) is 10.0. The highest BCUT2D eigenvalue weighted by molar-refractivity contribution is 8.14. The molecule has 0 unspecified atom stereocenters. The third-order valence-corrected chi connectivity index (χ3v) is 2.78. The van der Waals surface area contributed by atoms with Gasteiger partial charge in [-0.05, 0) is 6.07 Å². The van der Waals surface area contributed by atoms with E-state index in [1.807, 2.05) is 0 Å². The van der Waals surface area contributed by atoms with Crippen LogP contribution in [0.2, 0.25) is 0 Å². The average Bonchev–Trinajstić information content (AvgIpc) is 2.34. The molecule has 0 spiro atoms. The van der Waals surface area contributed by atoms with Crippen molar-refractivity contribution < 1.29 is 9.18 Å². The monoisotopic (exact) mass is 283 g/mol. The number of nitrogens with two attached hydrogens (primary N) is 2. The van der Waals surface area contributed by atoms with E-state index < -0.39 is 0 Å². The predicted octanol–water partition coefficient (Wildman–Crippen LogP) is 0.383. The fraction of sp³-hybridized carbons (Fsp3) is 0.182. The highest BCUT2D eigenvalue weighted by Crippen LogP contribution is 2.06. The molecule has 0 atom stereocenters. The van der Waals surface area contributed by atoms with Gasteiger partial charge in [0.05, 0.1) is 5.75 Å². The minimum absolute atomic E-state index is 0.00986. The van der Waals surface area contributed by atoms with E-state index in [0.717, 1.165) is 11.8 Å². The Balaban J connectivity index is 2.35. The van der Waals surface area contributed by atoms with Gasteiger partial charge in [-0.3, -0.25) is 10.2 Å². The molecule has 8 heteroatoms. The molecule has 1 amide bonds. The molecule has 0 aliphatic rings. The second kappa shape index (κ2) is 7.37. The molecule has 0 aromatic heterocycles. The minimum Gasteiger partial charge on any atom is -0.370 e. The Hall–Kier alpha value is -2.09. The van der Waals surface area contributed by atoms with Crippen LogP contribution in [0.4, 0.5) is 4.39 Å². The zero-order valence-corrected chi connectivity index (χ0v) is 10.8. The fourth-order valence-corrected chi connectivity index (χ4v) is 1.71. The summed E-state index contributed by atoms with van der Waals surface area (Å²) in [4.78, 5) is 14.9. The van der Waals surface area contributed by atoms with Crippen molar-refractivity contribution in [2.75, 3.05) is 5.75 Å². The molecular weight excluding hydrogens is 269 g/mol. The molecule has 1 rings (SSSR count). The molecule has 102 valence electrons. The summed E-state index contributed by atoms with van der Waals surface area (Å²) in [6.45, 7) is 0.0989. The van der Waals surface area contributed by atoms with Crippen molar-refractivity contribution >= 4 is 28.8 Å². The molecule has 0 bridgehead atoms. The quantitative estimate of drug-likeness (QED) is 0.472. The molecule has 0 aliphatic carbocycles. The summed E-state index contributed by atoms with van der Waals surface area (Å²) < 4.78 is 13.3. The fourth-order valence-electron chi connectivity index (χ4n) is 1.17. The zero-order chi connectivity index (χ0) is 14.3. The molecule has 0 heterocycles. The van der Waals surface area contributed by atoms with E-state index >= 15 is 0 Å². The van der Waals surface area contributed by atoms with Crippen LogP contribution in [0.5, 0.6) is 0 Å². The molecule has 0 saturated carbocycles. The summed E-state index contributed by atoms with van der Waals surface area (Å²) in [7, 11) is 0. The van der Waals surface area contributed by atoms with Crippen molar-refractivity contribution in [2.45, 2.75) is 6.54 Å². The lowest BCUT2D eigenvalue weighted by atomic mass is 10.2. The largest absolute Gasteiger partial charge is 0.370 e. The van der Waals surface area contributed by atoms with Gasteiger partial charge in [0.25, 0.3) is 0 Å². The molecule has 0 aliphatic heterocycles. The van der Waals surface area contributed by atoms with Crippen LogP contribution in [0, 0.1) is 11.2 Å². The summed E-state index contributed by atoms with van der Waals surface area (Å²) in [5, 5.41) is 9.71. The van der Waals surface area contributed by atoms with Crippen LogP contribution in [0.15, 0.2) is 29.3 Å². The van der Waals surface area contributed by atoms with Crippen molar-refractivity contribution in [1.29, 1.82) is 5.41 Å². The maximum atomic E-state index is 13.3. The highest BCUT2D eigenvalue weighted by Gasteiger charge is 2.06. The Morgan fingerprint density at radius 3 is 2.74 bits per heavy atom. The van der Waals surface area contributed by atoms with Gasteiger partial charge in [0.1, 0.15) is 5.82 Å². The number of rotatable bonds is 4. The number of carbonyl (C=O) groups is 1. The first kappa shape index (κ1) is 15.0. The molecular formula is C11H14FN5OS. The van der Waals surface area contributed by atoms with Crippen molar-refractivity contribution in [3.8, 4) is 0 Å². The van der Waals surface area contributed by atoms with Gasteiger partial charge < -0.3 is 16.8 Å². The van der Waals surface area contributed by atoms with Gasteiger partial charge in [0.2, 0.25) is 5.91 Å². The van der Waals surface area contributed by atoms with E-state index in [0.29, 0.717) is 5.56 Å². The van der Waals surface area contributed by atoms with Gasteiger partial charge in [-0.25, -0.2) is 4.39 Å². The standard InChI is InChI=1S/C11H14FN5OS/c12-8-4-2-1-3-7(8)5-16-9(18)6-19-11(15)17-10(13)14/h1-4H,5-6H2,(H,16,18)(H5,13,14,15,17). The normalized spacial score (nSPS) is 9.74. The molecule has 0 radical (unpaired) electrons. The summed E-state index contributed by atoms with van der Waals surface area (Å²) in [5.74, 6) is -0.943. The second-order valence-corrected chi connectivity index (χ2v) is 4.46. The van der Waals surface area contributed by atoms with Crippen LogP contribution < -0.4 is 16.8 Å². The molecule has 0 fully saturated rings. The second-order valence-electron chi connectivity index (χ2n) is 3.50. The predicted molar refractivity (Wildman–Crippen MR) is 74.2 cm³/mol. The lowest BCUT2D eigenvalue weighted by Gasteiger charge is -2.05. The third-order valence-electron chi connectivity index (χ3n) is 2.00. The van der Waals surface area contributed by atoms with Crippen LogP contribution in [-0.2, 0) is 11.3 Å². The van der Waals surface area contributed by atoms with Gasteiger partial charge in [0.15, 0.2) is 11.1 Å². The van der Waals surface area contributed by atoms with Crippen LogP contribution in [0.25, 0.3) is 0 Å². The first-order chi connectivity index (χ1) is 8.99. The van der Waals surface area contributed by atoms with Crippen LogP contribution >= 0.6 is 11.8 Å². The number of hydrogen-bond acceptors (Lipinski definition) is 3. The van der Waals surface area contributed by atoms with Crippen molar-refractivity contribution in [3.05, 3.63) is 35.6 Å². The number of guanidine groups is 1. The number of nitrogens with zero attached hydrogens (tertiary/aromatic N) is 1. The Labute approximate surface area is 114 Å². The number of halogens is 1. The smallest absolute Gasteiger partial charge is 0.230 e. The number of thioether (sulfide) groups is 1. The number of amidine groups is 1. The van der Waals surface area contributed by atoms with Gasteiger partial charge >= 0.3 is 0 Å². The average molecular weight is 283 g/mol.